The Labute approximate surface area is 153 Å². The maximum atomic E-state index is 12.2. The van der Waals surface area contributed by atoms with E-state index in [-0.39, 0.29) is 24.2 Å². The van der Waals surface area contributed by atoms with Gasteiger partial charge in [-0.25, -0.2) is 0 Å². The lowest BCUT2D eigenvalue weighted by Gasteiger charge is -2.17. The highest BCUT2D eigenvalue weighted by atomic mass is 16.6. The van der Waals surface area contributed by atoms with Crippen LogP contribution >= 0.6 is 0 Å². The van der Waals surface area contributed by atoms with Crippen molar-refractivity contribution in [1.29, 1.82) is 0 Å². The Morgan fingerprint density at radius 2 is 1.92 bits per heavy atom. The van der Waals surface area contributed by atoms with Gasteiger partial charge >= 0.3 is 0 Å². The molecule has 2 atom stereocenters. The molecule has 138 valence electrons. The van der Waals surface area contributed by atoms with Gasteiger partial charge in [-0.2, -0.15) is 0 Å². The van der Waals surface area contributed by atoms with E-state index in [4.69, 9.17) is 4.74 Å². The smallest absolute Gasteiger partial charge is 0.269 e. The highest BCUT2D eigenvalue weighted by molar-refractivity contribution is 5.78. The predicted molar refractivity (Wildman–Crippen MR) is 100 cm³/mol. The van der Waals surface area contributed by atoms with Crippen molar-refractivity contribution in [1.82, 2.24) is 5.32 Å². The van der Waals surface area contributed by atoms with Gasteiger partial charge in [0.25, 0.3) is 11.6 Å². The van der Waals surface area contributed by atoms with Crippen LogP contribution in [0.25, 0.3) is 0 Å². The number of benzene rings is 2. The third-order valence-electron chi connectivity index (χ3n) is 4.38. The Morgan fingerprint density at radius 3 is 2.62 bits per heavy atom. The number of hydrogen-bond acceptors (Lipinski definition) is 4. The number of hydrogen-bond donors (Lipinski definition) is 1. The molecule has 0 fully saturated rings. The second-order valence-corrected chi connectivity index (χ2v) is 6.28. The molecule has 0 saturated heterocycles. The number of amides is 1. The molecule has 26 heavy (non-hydrogen) atoms. The van der Waals surface area contributed by atoms with E-state index in [1.165, 1.54) is 12.1 Å². The molecule has 2 rings (SSSR count). The standard InChI is InChI=1S/C20H24N2O4/c1-4-14(2)18-10-5-6-11-19(18)26-13-20(23)21-15(3)16-8-7-9-17(12-16)22(24)25/h5-12,14-15H,4,13H2,1-3H3,(H,21,23). The molecule has 0 aliphatic rings. The van der Waals surface area contributed by atoms with E-state index in [2.05, 4.69) is 19.2 Å². The summed E-state index contributed by atoms with van der Waals surface area (Å²) in [7, 11) is 0. The van der Waals surface area contributed by atoms with Crippen LogP contribution in [0.3, 0.4) is 0 Å². The number of nitro groups is 1. The summed E-state index contributed by atoms with van der Waals surface area (Å²) in [6, 6.07) is 13.6. The van der Waals surface area contributed by atoms with Crippen LogP contribution in [0, 0.1) is 10.1 Å². The number of ether oxygens (including phenoxy) is 1. The molecule has 2 aromatic carbocycles. The molecule has 6 heteroatoms. The van der Waals surface area contributed by atoms with E-state index in [0.717, 1.165) is 12.0 Å². The topological polar surface area (TPSA) is 81.5 Å². The Hall–Kier alpha value is -2.89. The van der Waals surface area contributed by atoms with Crippen LogP contribution in [0.5, 0.6) is 5.75 Å². The third kappa shape index (κ3) is 5.05. The van der Waals surface area contributed by atoms with Gasteiger partial charge in [0.1, 0.15) is 5.75 Å². The molecule has 2 unspecified atom stereocenters. The molecule has 0 aromatic heterocycles. The first kappa shape index (κ1) is 19.4. The van der Waals surface area contributed by atoms with E-state index in [1.807, 2.05) is 24.3 Å². The maximum Gasteiger partial charge on any atom is 0.269 e. The molecule has 0 saturated carbocycles. The zero-order valence-corrected chi connectivity index (χ0v) is 15.3. The number of nitrogens with zero attached hydrogens (tertiary/aromatic N) is 1. The van der Waals surface area contributed by atoms with Crippen LogP contribution in [0.1, 0.15) is 50.3 Å². The first-order valence-electron chi connectivity index (χ1n) is 8.67. The summed E-state index contributed by atoms with van der Waals surface area (Å²) >= 11 is 0. The Bertz CT molecular complexity index is 776. The minimum absolute atomic E-state index is 0.00216. The fourth-order valence-corrected chi connectivity index (χ4v) is 2.66. The average molecular weight is 356 g/mol. The van der Waals surface area contributed by atoms with Crippen LogP contribution in [0.2, 0.25) is 0 Å². The molecule has 1 amide bonds. The zero-order chi connectivity index (χ0) is 19.1. The van der Waals surface area contributed by atoms with Gasteiger partial charge in [-0.1, -0.05) is 44.2 Å². The number of para-hydroxylation sites is 1. The molecule has 0 spiro atoms. The molecule has 6 nitrogen and oxygen atoms in total. The van der Waals surface area contributed by atoms with Crippen molar-refractivity contribution in [3.05, 3.63) is 69.8 Å². The van der Waals surface area contributed by atoms with Gasteiger partial charge < -0.3 is 10.1 Å². The molecule has 1 N–H and O–H groups in total. The summed E-state index contributed by atoms with van der Waals surface area (Å²) in [6.45, 7) is 5.90. The summed E-state index contributed by atoms with van der Waals surface area (Å²) < 4.78 is 5.70. The van der Waals surface area contributed by atoms with Gasteiger partial charge in [-0.15, -0.1) is 0 Å². The molecule has 0 aliphatic heterocycles. The highest BCUT2D eigenvalue weighted by Gasteiger charge is 2.15. The van der Waals surface area contributed by atoms with Crippen molar-refractivity contribution in [2.45, 2.75) is 39.2 Å². The van der Waals surface area contributed by atoms with Crippen molar-refractivity contribution < 1.29 is 14.5 Å². The number of rotatable bonds is 8. The lowest BCUT2D eigenvalue weighted by molar-refractivity contribution is -0.384. The van der Waals surface area contributed by atoms with E-state index in [0.29, 0.717) is 17.2 Å². The molecule has 0 heterocycles. The molecule has 2 aromatic rings. The quantitative estimate of drug-likeness (QED) is 0.563. The fraction of sp³-hybridized carbons (Fsp3) is 0.350. The maximum absolute atomic E-state index is 12.2. The van der Waals surface area contributed by atoms with E-state index >= 15 is 0 Å². The van der Waals surface area contributed by atoms with Crippen molar-refractivity contribution in [2.75, 3.05) is 6.61 Å². The predicted octanol–water partition coefficient (Wildman–Crippen LogP) is 4.36. The normalized spacial score (nSPS) is 12.9. The number of carbonyl (C=O) groups excluding carboxylic acids is 1. The molecule has 0 bridgehead atoms. The fourth-order valence-electron chi connectivity index (χ4n) is 2.66. The number of nitrogens with one attached hydrogen (secondary N) is 1. The molecule has 0 radical (unpaired) electrons. The lowest BCUT2D eigenvalue weighted by Crippen LogP contribution is -2.31. The van der Waals surface area contributed by atoms with Gasteiger partial charge in [0.2, 0.25) is 0 Å². The summed E-state index contributed by atoms with van der Waals surface area (Å²) in [5.74, 6) is 0.779. The minimum atomic E-state index is -0.451. The Balaban J connectivity index is 1.97. The van der Waals surface area contributed by atoms with E-state index in [1.54, 1.807) is 19.1 Å². The average Bonchev–Trinajstić information content (AvgIpc) is 2.66. The molecular weight excluding hydrogens is 332 g/mol. The number of nitro benzene ring substituents is 1. The molecule has 0 aliphatic carbocycles. The summed E-state index contributed by atoms with van der Waals surface area (Å²) in [6.07, 6.45) is 0.983. The van der Waals surface area contributed by atoms with Gasteiger partial charge in [0.15, 0.2) is 6.61 Å². The summed E-state index contributed by atoms with van der Waals surface area (Å²) in [5.41, 5.74) is 1.75. The van der Waals surface area contributed by atoms with Crippen molar-refractivity contribution in [2.24, 2.45) is 0 Å². The summed E-state index contributed by atoms with van der Waals surface area (Å²) in [5, 5.41) is 13.7. The molecular formula is C20H24N2O4. The largest absolute Gasteiger partial charge is 0.483 e. The number of non-ortho nitro benzene ring substituents is 1. The highest BCUT2D eigenvalue weighted by Crippen LogP contribution is 2.28. The second-order valence-electron chi connectivity index (χ2n) is 6.28. The monoisotopic (exact) mass is 356 g/mol. The Morgan fingerprint density at radius 1 is 1.19 bits per heavy atom. The van der Waals surface area contributed by atoms with Gasteiger partial charge in [0, 0.05) is 12.1 Å². The summed E-state index contributed by atoms with van der Waals surface area (Å²) in [4.78, 5) is 22.6. The van der Waals surface area contributed by atoms with E-state index < -0.39 is 4.92 Å². The van der Waals surface area contributed by atoms with E-state index in [9.17, 15) is 14.9 Å². The third-order valence-corrected chi connectivity index (χ3v) is 4.38. The van der Waals surface area contributed by atoms with Crippen molar-refractivity contribution in [3.63, 3.8) is 0 Å². The van der Waals surface area contributed by atoms with Crippen molar-refractivity contribution in [3.8, 4) is 5.75 Å². The first-order valence-corrected chi connectivity index (χ1v) is 8.67. The minimum Gasteiger partial charge on any atom is -0.483 e. The second kappa shape index (κ2) is 8.99. The van der Waals surface area contributed by atoms with Crippen molar-refractivity contribution >= 4 is 11.6 Å². The van der Waals surface area contributed by atoms with Crippen LogP contribution < -0.4 is 10.1 Å². The Kier molecular flexibility index (Phi) is 6.72. The van der Waals surface area contributed by atoms with Crippen LogP contribution in [0.15, 0.2) is 48.5 Å². The van der Waals surface area contributed by atoms with Crippen LogP contribution in [0.4, 0.5) is 5.69 Å². The van der Waals surface area contributed by atoms with Crippen LogP contribution in [-0.4, -0.2) is 17.4 Å². The number of carbonyl (C=O) groups is 1. The SMILES string of the molecule is CCC(C)c1ccccc1OCC(=O)NC(C)c1cccc([N+](=O)[O-])c1. The van der Waals surface area contributed by atoms with Gasteiger partial charge in [-0.05, 0) is 36.5 Å². The zero-order valence-electron chi connectivity index (χ0n) is 15.3. The van der Waals surface area contributed by atoms with Gasteiger partial charge in [-0.3, -0.25) is 14.9 Å². The lowest BCUT2D eigenvalue weighted by atomic mass is 9.98. The van der Waals surface area contributed by atoms with Crippen LogP contribution in [-0.2, 0) is 4.79 Å². The first-order chi connectivity index (χ1) is 12.4. The van der Waals surface area contributed by atoms with Gasteiger partial charge in [0.05, 0.1) is 11.0 Å².